The maximum Gasteiger partial charge on any atom is 0.177 e. The Bertz CT molecular complexity index is 518. The van der Waals surface area contributed by atoms with Gasteiger partial charge in [-0.2, -0.15) is 5.10 Å². The molecule has 0 radical (unpaired) electrons. The van der Waals surface area contributed by atoms with Gasteiger partial charge < -0.3 is 15.2 Å². The van der Waals surface area contributed by atoms with Gasteiger partial charge in [0.1, 0.15) is 5.82 Å². The summed E-state index contributed by atoms with van der Waals surface area (Å²) in [7, 11) is 0. The molecular formula is C11H13N5O2. The van der Waals surface area contributed by atoms with Crippen molar-refractivity contribution >= 4 is 5.82 Å². The highest BCUT2D eigenvalue weighted by molar-refractivity contribution is 5.56. The second-order valence-corrected chi connectivity index (χ2v) is 3.95. The Morgan fingerprint density at radius 3 is 2.78 bits per heavy atom. The Morgan fingerprint density at radius 1 is 1.22 bits per heavy atom. The summed E-state index contributed by atoms with van der Waals surface area (Å²) in [5.41, 5.74) is 7.12. The molecule has 3 rings (SSSR count). The van der Waals surface area contributed by atoms with Crippen molar-refractivity contribution in [2.24, 2.45) is 0 Å². The Labute approximate surface area is 104 Å². The zero-order valence-corrected chi connectivity index (χ0v) is 9.69. The van der Waals surface area contributed by atoms with Gasteiger partial charge in [0.05, 0.1) is 44.0 Å². The van der Waals surface area contributed by atoms with Gasteiger partial charge in [-0.05, 0) is 0 Å². The lowest BCUT2D eigenvalue weighted by molar-refractivity contribution is -0.0545. The number of hydrogen-bond donors (Lipinski definition) is 1. The first-order valence-corrected chi connectivity index (χ1v) is 5.65. The van der Waals surface area contributed by atoms with Crippen molar-refractivity contribution in [2.45, 2.75) is 12.8 Å². The van der Waals surface area contributed by atoms with Crippen LogP contribution in [-0.2, 0) is 16.0 Å². The normalized spacial score (nSPS) is 16.2. The third-order valence-corrected chi connectivity index (χ3v) is 2.63. The Kier molecular flexibility index (Phi) is 2.91. The molecule has 1 aliphatic rings. The van der Waals surface area contributed by atoms with Crippen LogP contribution in [0.4, 0.5) is 5.82 Å². The van der Waals surface area contributed by atoms with Gasteiger partial charge >= 0.3 is 0 Å². The van der Waals surface area contributed by atoms with E-state index in [9.17, 15) is 0 Å². The van der Waals surface area contributed by atoms with E-state index in [-0.39, 0.29) is 6.29 Å². The van der Waals surface area contributed by atoms with Crippen LogP contribution < -0.4 is 5.73 Å². The number of anilines is 1. The van der Waals surface area contributed by atoms with Gasteiger partial charge in [0.2, 0.25) is 0 Å². The highest BCUT2D eigenvalue weighted by Gasteiger charge is 2.17. The summed E-state index contributed by atoms with van der Waals surface area (Å²) >= 11 is 0. The summed E-state index contributed by atoms with van der Waals surface area (Å²) in [6.07, 6.45) is 6.55. The molecule has 0 spiro atoms. The standard InChI is InChI=1S/C11H13N5O2/c12-10-5-13-9(4-14-10)8-3-15-16(6-8)7-11-17-1-2-18-11/h3-6,11H,1-2,7H2,(H2,12,14). The lowest BCUT2D eigenvalue weighted by Crippen LogP contribution is -2.16. The van der Waals surface area contributed by atoms with Crippen LogP contribution in [0.1, 0.15) is 0 Å². The van der Waals surface area contributed by atoms with E-state index in [0.717, 1.165) is 11.3 Å². The number of aromatic nitrogens is 4. The van der Waals surface area contributed by atoms with E-state index in [1.807, 2.05) is 6.20 Å². The first-order chi connectivity index (χ1) is 8.81. The van der Waals surface area contributed by atoms with E-state index >= 15 is 0 Å². The van der Waals surface area contributed by atoms with Crippen molar-refractivity contribution in [3.63, 3.8) is 0 Å². The van der Waals surface area contributed by atoms with Gasteiger partial charge in [-0.3, -0.25) is 9.67 Å². The smallest absolute Gasteiger partial charge is 0.177 e. The van der Waals surface area contributed by atoms with Crippen molar-refractivity contribution < 1.29 is 9.47 Å². The monoisotopic (exact) mass is 247 g/mol. The van der Waals surface area contributed by atoms with Crippen molar-refractivity contribution in [2.75, 3.05) is 18.9 Å². The number of nitrogens with zero attached hydrogens (tertiary/aromatic N) is 4. The zero-order valence-electron chi connectivity index (χ0n) is 9.69. The van der Waals surface area contributed by atoms with Gasteiger partial charge in [0.15, 0.2) is 6.29 Å². The average molecular weight is 247 g/mol. The summed E-state index contributed by atoms with van der Waals surface area (Å²) in [6.45, 7) is 1.85. The topological polar surface area (TPSA) is 88.1 Å². The van der Waals surface area contributed by atoms with Gasteiger partial charge in [0.25, 0.3) is 0 Å². The molecular weight excluding hydrogens is 234 g/mol. The quantitative estimate of drug-likeness (QED) is 0.839. The van der Waals surface area contributed by atoms with Crippen LogP contribution in [0, 0.1) is 0 Å². The van der Waals surface area contributed by atoms with Crippen LogP contribution in [0.3, 0.4) is 0 Å². The van der Waals surface area contributed by atoms with Gasteiger partial charge in [-0.15, -0.1) is 0 Å². The molecule has 1 saturated heterocycles. The predicted molar refractivity (Wildman–Crippen MR) is 63.4 cm³/mol. The predicted octanol–water partition coefficient (Wildman–Crippen LogP) is 0.295. The van der Waals surface area contributed by atoms with E-state index in [4.69, 9.17) is 15.2 Å². The minimum atomic E-state index is -0.213. The molecule has 3 heterocycles. The summed E-state index contributed by atoms with van der Waals surface area (Å²) in [5.74, 6) is 0.402. The Hall–Kier alpha value is -1.99. The number of nitrogen functional groups attached to an aromatic ring is 1. The molecule has 1 aliphatic heterocycles. The molecule has 0 bridgehead atoms. The second-order valence-electron chi connectivity index (χ2n) is 3.95. The molecule has 94 valence electrons. The molecule has 0 aromatic carbocycles. The Morgan fingerprint density at radius 2 is 2.06 bits per heavy atom. The molecule has 2 aromatic heterocycles. The number of ether oxygens (including phenoxy) is 2. The molecule has 18 heavy (non-hydrogen) atoms. The second kappa shape index (κ2) is 4.71. The van der Waals surface area contributed by atoms with Gasteiger partial charge in [0, 0.05) is 11.8 Å². The van der Waals surface area contributed by atoms with Crippen molar-refractivity contribution in [3.05, 3.63) is 24.8 Å². The molecule has 2 N–H and O–H groups in total. The van der Waals surface area contributed by atoms with E-state index in [1.54, 1.807) is 17.1 Å². The summed E-state index contributed by atoms with van der Waals surface area (Å²) in [4.78, 5) is 8.19. The molecule has 0 unspecified atom stereocenters. The minimum Gasteiger partial charge on any atom is -0.382 e. The van der Waals surface area contributed by atoms with Crippen molar-refractivity contribution in [1.82, 2.24) is 19.7 Å². The highest BCUT2D eigenvalue weighted by atomic mass is 16.7. The minimum absolute atomic E-state index is 0.213. The van der Waals surface area contributed by atoms with E-state index in [1.165, 1.54) is 6.20 Å². The summed E-state index contributed by atoms with van der Waals surface area (Å²) < 4.78 is 12.5. The lowest BCUT2D eigenvalue weighted by atomic mass is 10.3. The van der Waals surface area contributed by atoms with Crippen LogP contribution in [0.15, 0.2) is 24.8 Å². The summed E-state index contributed by atoms with van der Waals surface area (Å²) in [5, 5.41) is 4.24. The molecule has 0 saturated carbocycles. The summed E-state index contributed by atoms with van der Waals surface area (Å²) in [6, 6.07) is 0. The van der Waals surface area contributed by atoms with Crippen LogP contribution in [0.25, 0.3) is 11.3 Å². The SMILES string of the molecule is Nc1cnc(-c2cnn(CC3OCCO3)c2)cn1. The van der Waals surface area contributed by atoms with E-state index in [0.29, 0.717) is 25.6 Å². The third-order valence-electron chi connectivity index (χ3n) is 2.63. The van der Waals surface area contributed by atoms with Crippen molar-refractivity contribution in [1.29, 1.82) is 0 Å². The molecule has 0 aliphatic carbocycles. The number of rotatable bonds is 3. The fourth-order valence-electron chi connectivity index (χ4n) is 1.75. The number of nitrogens with two attached hydrogens (primary N) is 1. The van der Waals surface area contributed by atoms with Gasteiger partial charge in [-0.25, -0.2) is 4.98 Å². The van der Waals surface area contributed by atoms with Crippen LogP contribution in [0.5, 0.6) is 0 Å². The fourth-order valence-corrected chi connectivity index (χ4v) is 1.75. The maximum atomic E-state index is 5.49. The van der Waals surface area contributed by atoms with Crippen LogP contribution >= 0.6 is 0 Å². The first-order valence-electron chi connectivity index (χ1n) is 5.65. The van der Waals surface area contributed by atoms with Crippen LogP contribution in [-0.4, -0.2) is 39.3 Å². The number of hydrogen-bond acceptors (Lipinski definition) is 6. The molecule has 7 heteroatoms. The lowest BCUT2D eigenvalue weighted by Gasteiger charge is -2.07. The average Bonchev–Trinajstić information content (AvgIpc) is 3.02. The third kappa shape index (κ3) is 2.31. The fraction of sp³-hybridized carbons (Fsp3) is 0.364. The molecule has 1 fully saturated rings. The zero-order chi connectivity index (χ0) is 12.4. The first kappa shape index (κ1) is 11.1. The Balaban J connectivity index is 1.74. The van der Waals surface area contributed by atoms with Gasteiger partial charge in [-0.1, -0.05) is 0 Å². The molecule has 0 atom stereocenters. The highest BCUT2D eigenvalue weighted by Crippen LogP contribution is 2.16. The molecule has 0 amide bonds. The van der Waals surface area contributed by atoms with Crippen LogP contribution in [0.2, 0.25) is 0 Å². The van der Waals surface area contributed by atoms with E-state index in [2.05, 4.69) is 15.1 Å². The largest absolute Gasteiger partial charge is 0.382 e. The molecule has 7 nitrogen and oxygen atoms in total. The van der Waals surface area contributed by atoms with Crippen molar-refractivity contribution in [3.8, 4) is 11.3 Å². The maximum absolute atomic E-state index is 5.49. The van der Waals surface area contributed by atoms with E-state index < -0.39 is 0 Å². The molecule has 2 aromatic rings.